The zero-order chi connectivity index (χ0) is 20.5. The summed E-state index contributed by atoms with van der Waals surface area (Å²) in [7, 11) is 3.79. The van der Waals surface area contributed by atoms with Crippen LogP contribution in [0.15, 0.2) is 10.9 Å². The average Bonchev–Trinajstić information content (AvgIpc) is 3.29. The third-order valence-electron chi connectivity index (χ3n) is 4.01. The Morgan fingerprint density at radius 2 is 1.86 bits per heavy atom. The lowest BCUT2D eigenvalue weighted by atomic mass is 9.86. The molecule has 3 heterocycles. The number of nitrogens with one attached hydrogen (secondary N) is 2. The molecule has 1 atom stereocenters. The maximum Gasteiger partial charge on any atom is 0.250 e. The van der Waals surface area contributed by atoms with E-state index in [1.54, 1.807) is 0 Å². The summed E-state index contributed by atoms with van der Waals surface area (Å²) in [5.41, 5.74) is -0.256. The van der Waals surface area contributed by atoms with E-state index in [0.29, 0.717) is 35.3 Å². The fraction of sp³-hybridized carbons (Fsp3) is 0.588. The Kier molecular flexibility index (Phi) is 5.25. The summed E-state index contributed by atoms with van der Waals surface area (Å²) < 4.78 is 5.51. The Bertz CT molecular complexity index is 884. The second kappa shape index (κ2) is 7.49. The molecule has 3 aromatic rings. The molecule has 0 bridgehead atoms. The van der Waals surface area contributed by atoms with Gasteiger partial charge in [0.2, 0.25) is 23.6 Å². The number of hydrogen-bond donors (Lipinski definition) is 2. The molecule has 0 amide bonds. The highest BCUT2D eigenvalue weighted by molar-refractivity contribution is 5.41. The monoisotopic (exact) mass is 386 g/mol. The van der Waals surface area contributed by atoms with E-state index in [0.717, 1.165) is 0 Å². The lowest BCUT2D eigenvalue weighted by Gasteiger charge is -2.28. The van der Waals surface area contributed by atoms with Crippen LogP contribution in [0, 0.1) is 5.41 Å². The lowest BCUT2D eigenvalue weighted by Crippen LogP contribution is -2.28. The fourth-order valence-electron chi connectivity index (χ4n) is 2.44. The van der Waals surface area contributed by atoms with Gasteiger partial charge < -0.3 is 14.7 Å². The van der Waals surface area contributed by atoms with Crippen LogP contribution >= 0.6 is 0 Å². The van der Waals surface area contributed by atoms with Crippen LogP contribution in [0.5, 0.6) is 0 Å². The second-order valence-corrected chi connectivity index (χ2v) is 8.10. The van der Waals surface area contributed by atoms with Gasteiger partial charge in [0.25, 0.3) is 0 Å². The first-order valence-corrected chi connectivity index (χ1v) is 9.04. The van der Waals surface area contributed by atoms with Gasteiger partial charge in [-0.2, -0.15) is 25.0 Å². The molecule has 0 aliphatic carbocycles. The molecule has 11 heteroatoms. The minimum Gasteiger partial charge on any atom is -0.347 e. The minimum atomic E-state index is -0.325. The van der Waals surface area contributed by atoms with Gasteiger partial charge in [-0.05, 0) is 5.41 Å². The van der Waals surface area contributed by atoms with Crippen molar-refractivity contribution in [3.63, 3.8) is 0 Å². The summed E-state index contributed by atoms with van der Waals surface area (Å²) in [6, 6.07) is -0.325. The average molecular weight is 386 g/mol. The van der Waals surface area contributed by atoms with Crippen LogP contribution in [-0.4, -0.2) is 54.4 Å². The van der Waals surface area contributed by atoms with Gasteiger partial charge in [-0.25, -0.2) is 4.98 Å². The van der Waals surface area contributed by atoms with Crippen LogP contribution in [-0.2, 0) is 0 Å². The molecule has 2 N–H and O–H groups in total. The minimum absolute atomic E-state index is 0.164. The predicted octanol–water partition coefficient (Wildman–Crippen LogP) is 2.43. The van der Waals surface area contributed by atoms with Gasteiger partial charge in [0.05, 0.1) is 0 Å². The first kappa shape index (κ1) is 19.6. The molecular formula is C17H26N10O. The van der Waals surface area contributed by atoms with Crippen LogP contribution in [0.25, 0.3) is 11.6 Å². The Labute approximate surface area is 163 Å². The first-order chi connectivity index (χ1) is 13.1. The van der Waals surface area contributed by atoms with Crippen LogP contribution in [0.1, 0.15) is 58.3 Å². The third kappa shape index (κ3) is 4.24. The molecule has 0 aromatic carbocycles. The van der Waals surface area contributed by atoms with Crippen LogP contribution in [0.2, 0.25) is 0 Å². The van der Waals surface area contributed by atoms with Gasteiger partial charge in [0, 0.05) is 20.0 Å². The highest BCUT2D eigenvalue weighted by atomic mass is 16.5. The van der Waals surface area contributed by atoms with Crippen molar-refractivity contribution in [2.45, 2.75) is 46.6 Å². The predicted molar refractivity (Wildman–Crippen MR) is 104 cm³/mol. The summed E-state index contributed by atoms with van der Waals surface area (Å²) in [6.45, 7) is 10.3. The van der Waals surface area contributed by atoms with E-state index >= 15 is 0 Å². The molecule has 11 nitrogen and oxygen atoms in total. The van der Waals surface area contributed by atoms with Gasteiger partial charge in [-0.3, -0.25) is 5.10 Å². The Balaban J connectivity index is 1.96. The summed E-state index contributed by atoms with van der Waals surface area (Å²) in [5.74, 6) is 3.12. The van der Waals surface area contributed by atoms with Crippen molar-refractivity contribution < 1.29 is 4.52 Å². The molecule has 1 unspecified atom stereocenters. The molecule has 0 fully saturated rings. The molecule has 0 aliphatic rings. The molecule has 0 spiro atoms. The van der Waals surface area contributed by atoms with E-state index in [-0.39, 0.29) is 17.4 Å². The van der Waals surface area contributed by atoms with Crippen molar-refractivity contribution in [2.75, 3.05) is 24.3 Å². The number of aromatic nitrogens is 8. The van der Waals surface area contributed by atoms with Crippen LogP contribution < -0.4 is 10.2 Å². The summed E-state index contributed by atoms with van der Waals surface area (Å²) in [5, 5.41) is 13.9. The number of H-pyrrole nitrogens is 1. The van der Waals surface area contributed by atoms with Gasteiger partial charge in [0.15, 0.2) is 5.82 Å². The zero-order valence-corrected chi connectivity index (χ0v) is 17.2. The van der Waals surface area contributed by atoms with E-state index in [9.17, 15) is 0 Å². The van der Waals surface area contributed by atoms with Crippen molar-refractivity contribution in [1.82, 2.24) is 40.3 Å². The highest BCUT2D eigenvalue weighted by Gasteiger charge is 2.33. The first-order valence-electron chi connectivity index (χ1n) is 9.04. The Morgan fingerprint density at radius 3 is 2.43 bits per heavy atom. The smallest absolute Gasteiger partial charge is 0.250 e. The maximum atomic E-state index is 5.51. The highest BCUT2D eigenvalue weighted by Crippen LogP contribution is 2.35. The second-order valence-electron chi connectivity index (χ2n) is 8.10. The molecule has 0 saturated heterocycles. The van der Waals surface area contributed by atoms with E-state index in [4.69, 9.17) is 4.52 Å². The third-order valence-corrected chi connectivity index (χ3v) is 4.01. The van der Waals surface area contributed by atoms with E-state index in [1.165, 1.54) is 6.33 Å². The molecule has 150 valence electrons. The normalized spacial score (nSPS) is 13.0. The number of aromatic amines is 1. The standard InChI is InChI=1S/C17H26N10O/c1-9(2)11-22-15(24-16(23-11)27(6)7)20-10(17(3,4)5)14-21-13(26-28-14)12-18-8-19-25-12/h8-10H,1-7H3,(H,18,19,25)(H,20,22,23,24). The van der Waals surface area contributed by atoms with Gasteiger partial charge in [0.1, 0.15) is 18.2 Å². The van der Waals surface area contributed by atoms with E-state index in [1.807, 2.05) is 32.8 Å². The number of anilines is 2. The van der Waals surface area contributed by atoms with Crippen molar-refractivity contribution in [3.8, 4) is 11.6 Å². The molecular weight excluding hydrogens is 360 g/mol. The number of hydrogen-bond acceptors (Lipinski definition) is 10. The summed E-state index contributed by atoms with van der Waals surface area (Å²) in [4.78, 5) is 24.0. The van der Waals surface area contributed by atoms with Crippen LogP contribution in [0.3, 0.4) is 0 Å². The summed E-state index contributed by atoms with van der Waals surface area (Å²) >= 11 is 0. The van der Waals surface area contributed by atoms with Gasteiger partial charge in [-0.1, -0.05) is 39.8 Å². The lowest BCUT2D eigenvalue weighted by molar-refractivity contribution is 0.267. The Hall–Kier alpha value is -3.11. The fourth-order valence-corrected chi connectivity index (χ4v) is 2.44. The van der Waals surface area contributed by atoms with Gasteiger partial charge in [-0.15, -0.1) is 0 Å². The molecule has 0 aliphatic heterocycles. The quantitative estimate of drug-likeness (QED) is 0.650. The van der Waals surface area contributed by atoms with Gasteiger partial charge >= 0.3 is 0 Å². The summed E-state index contributed by atoms with van der Waals surface area (Å²) in [6.07, 6.45) is 1.39. The molecule has 3 aromatic heterocycles. The molecule has 28 heavy (non-hydrogen) atoms. The number of rotatable bonds is 6. The SMILES string of the molecule is CC(C)c1nc(NC(c2nc(-c3ncn[nH]3)no2)C(C)(C)C)nc(N(C)C)n1. The van der Waals surface area contributed by atoms with E-state index < -0.39 is 0 Å². The van der Waals surface area contributed by atoms with Crippen molar-refractivity contribution in [3.05, 3.63) is 18.0 Å². The van der Waals surface area contributed by atoms with Crippen molar-refractivity contribution >= 4 is 11.9 Å². The topological polar surface area (TPSA) is 134 Å². The maximum absolute atomic E-state index is 5.51. The van der Waals surface area contributed by atoms with E-state index in [2.05, 4.69) is 66.4 Å². The Morgan fingerprint density at radius 1 is 1.11 bits per heavy atom. The molecule has 0 saturated carbocycles. The van der Waals surface area contributed by atoms with Crippen molar-refractivity contribution in [2.24, 2.45) is 5.41 Å². The number of nitrogens with zero attached hydrogens (tertiary/aromatic N) is 8. The van der Waals surface area contributed by atoms with Crippen molar-refractivity contribution in [1.29, 1.82) is 0 Å². The molecule has 3 rings (SSSR count). The largest absolute Gasteiger partial charge is 0.347 e. The molecule has 0 radical (unpaired) electrons. The zero-order valence-electron chi connectivity index (χ0n) is 17.2. The van der Waals surface area contributed by atoms with Crippen LogP contribution in [0.4, 0.5) is 11.9 Å².